The smallest absolute Gasteiger partial charge is 0.315 e. The molecule has 8 nitrogen and oxygen atoms in total. The van der Waals surface area contributed by atoms with Crippen LogP contribution < -0.4 is 20.7 Å². The number of rotatable bonds is 7. The van der Waals surface area contributed by atoms with Crippen LogP contribution in [0.2, 0.25) is 0 Å². The molecule has 3 rings (SSSR count). The van der Waals surface area contributed by atoms with Crippen molar-refractivity contribution >= 4 is 33.6 Å². The quantitative estimate of drug-likeness (QED) is 0.594. The number of anilines is 1. The normalized spacial score (nSPS) is 17.0. The number of hydrogen-bond donors (Lipinski definition) is 3. The zero-order chi connectivity index (χ0) is 23.5. The Labute approximate surface area is 190 Å². The molecule has 0 spiro atoms. The van der Waals surface area contributed by atoms with Gasteiger partial charge in [0.1, 0.15) is 17.8 Å². The summed E-state index contributed by atoms with van der Waals surface area (Å²) in [4.78, 5) is 40.4. The van der Waals surface area contributed by atoms with Crippen molar-refractivity contribution in [3.05, 3.63) is 54.1 Å². The van der Waals surface area contributed by atoms with Gasteiger partial charge in [0.15, 0.2) is 0 Å². The highest BCUT2D eigenvalue weighted by molar-refractivity contribution is 8.32. The highest BCUT2D eigenvalue weighted by Gasteiger charge is 2.35. The fraction of sp³-hybridized carbons (Fsp3) is 0.348. The Hall–Kier alpha value is -3.20. The van der Waals surface area contributed by atoms with Gasteiger partial charge in [-0.1, -0.05) is 12.1 Å². The molecule has 0 bridgehead atoms. The van der Waals surface area contributed by atoms with Crippen molar-refractivity contribution in [2.24, 2.45) is 0 Å². The van der Waals surface area contributed by atoms with E-state index in [1.807, 2.05) is 24.3 Å². The van der Waals surface area contributed by atoms with Crippen molar-refractivity contribution in [2.75, 3.05) is 44.8 Å². The van der Waals surface area contributed by atoms with Crippen LogP contribution in [0.4, 0.5) is 10.5 Å². The lowest BCUT2D eigenvalue weighted by Gasteiger charge is -2.30. The molecule has 4 amide bonds. The van der Waals surface area contributed by atoms with E-state index in [9.17, 15) is 14.4 Å². The molecule has 0 saturated carbocycles. The van der Waals surface area contributed by atoms with Gasteiger partial charge in [-0.15, -0.1) is 0 Å². The summed E-state index contributed by atoms with van der Waals surface area (Å²) in [6.45, 7) is 0.176. The van der Waals surface area contributed by atoms with Crippen LogP contribution in [0.25, 0.3) is 0 Å². The van der Waals surface area contributed by atoms with Crippen LogP contribution in [-0.4, -0.2) is 68.3 Å². The summed E-state index contributed by atoms with van der Waals surface area (Å²) >= 11 is 0. The third-order valence-corrected chi connectivity index (χ3v) is 7.00. The molecule has 1 aliphatic rings. The number of nitrogens with one attached hydrogen (secondary N) is 3. The largest absolute Gasteiger partial charge is 0.497 e. The highest BCUT2D eigenvalue weighted by atomic mass is 32.3. The SMILES string of the molecule is COc1ccc(C(C(=O)Nc2ccc(S(C)(C)C)cc2)N(C)C(=O)C2CNC(=O)N2)cc1. The number of amides is 4. The van der Waals surface area contributed by atoms with Gasteiger partial charge in [0.2, 0.25) is 5.91 Å². The molecule has 3 N–H and O–H groups in total. The minimum atomic E-state index is -0.890. The number of carbonyl (C=O) groups excluding carboxylic acids is 3. The molecule has 0 aromatic heterocycles. The maximum Gasteiger partial charge on any atom is 0.315 e. The van der Waals surface area contributed by atoms with E-state index >= 15 is 0 Å². The Morgan fingerprint density at radius 3 is 2.22 bits per heavy atom. The van der Waals surface area contributed by atoms with E-state index in [0.717, 1.165) is 0 Å². The Balaban J connectivity index is 1.86. The van der Waals surface area contributed by atoms with Crippen LogP contribution in [0.1, 0.15) is 11.6 Å². The summed E-state index contributed by atoms with van der Waals surface area (Å²) in [6.07, 6.45) is 6.62. The van der Waals surface area contributed by atoms with Crippen molar-refractivity contribution in [1.82, 2.24) is 15.5 Å². The molecule has 0 aliphatic carbocycles. The number of nitrogens with zero attached hydrogens (tertiary/aromatic N) is 1. The lowest BCUT2D eigenvalue weighted by atomic mass is 10.0. The summed E-state index contributed by atoms with van der Waals surface area (Å²) in [7, 11) is 2.26. The van der Waals surface area contributed by atoms with Crippen molar-refractivity contribution in [1.29, 1.82) is 0 Å². The van der Waals surface area contributed by atoms with E-state index in [2.05, 4.69) is 34.7 Å². The molecule has 1 saturated heterocycles. The number of methoxy groups -OCH3 is 1. The summed E-state index contributed by atoms with van der Waals surface area (Å²) in [5, 5.41) is 8.08. The molecular weight excluding hydrogens is 428 g/mol. The Morgan fingerprint density at radius 2 is 1.72 bits per heavy atom. The maximum atomic E-state index is 13.3. The third kappa shape index (κ3) is 5.34. The van der Waals surface area contributed by atoms with Crippen LogP contribution in [0.15, 0.2) is 53.4 Å². The average Bonchev–Trinajstić information content (AvgIpc) is 3.19. The van der Waals surface area contributed by atoms with Crippen molar-refractivity contribution in [3.8, 4) is 5.75 Å². The van der Waals surface area contributed by atoms with Crippen molar-refractivity contribution in [3.63, 3.8) is 0 Å². The van der Waals surface area contributed by atoms with E-state index in [1.165, 1.54) is 9.80 Å². The molecule has 172 valence electrons. The molecule has 1 aliphatic heterocycles. The van der Waals surface area contributed by atoms with E-state index in [4.69, 9.17) is 4.74 Å². The monoisotopic (exact) mass is 458 g/mol. The number of benzene rings is 2. The van der Waals surface area contributed by atoms with Gasteiger partial charge in [-0.05, 0) is 65.6 Å². The number of ether oxygens (including phenoxy) is 1. The number of hydrogen-bond acceptors (Lipinski definition) is 4. The van der Waals surface area contributed by atoms with Gasteiger partial charge >= 0.3 is 6.03 Å². The number of likely N-dealkylation sites (N-methyl/N-ethyl adjacent to an activating group) is 1. The van der Waals surface area contributed by atoms with E-state index < -0.39 is 28.1 Å². The van der Waals surface area contributed by atoms with Gasteiger partial charge in [-0.3, -0.25) is 9.59 Å². The van der Waals surface area contributed by atoms with E-state index in [0.29, 0.717) is 17.0 Å². The zero-order valence-electron chi connectivity index (χ0n) is 19.0. The van der Waals surface area contributed by atoms with Gasteiger partial charge in [-0.25, -0.2) is 14.8 Å². The molecule has 1 heterocycles. The maximum absolute atomic E-state index is 13.3. The van der Waals surface area contributed by atoms with Crippen molar-refractivity contribution in [2.45, 2.75) is 17.0 Å². The predicted molar refractivity (Wildman–Crippen MR) is 128 cm³/mol. The first-order valence-corrected chi connectivity index (χ1v) is 13.0. The van der Waals surface area contributed by atoms with Crippen LogP contribution in [0, 0.1) is 0 Å². The zero-order valence-corrected chi connectivity index (χ0v) is 19.8. The fourth-order valence-corrected chi connectivity index (χ4v) is 4.42. The fourth-order valence-electron chi connectivity index (χ4n) is 3.47. The molecule has 2 aromatic carbocycles. The van der Waals surface area contributed by atoms with E-state index in [1.54, 1.807) is 38.4 Å². The standard InChI is InChI=1S/C23H30N4O4S/c1-27(22(29)19-14-24-23(30)26-19)20(15-6-10-17(31-2)11-7-15)21(28)25-16-8-12-18(13-9-16)32(3,4)5/h6-13,19-20H,14H2,1-5H3,(H,25,28)(H2,24,26,30). The Bertz CT molecular complexity index is 987. The predicted octanol–water partition coefficient (Wildman–Crippen LogP) is 2.57. The minimum Gasteiger partial charge on any atom is -0.497 e. The Morgan fingerprint density at radius 1 is 1.09 bits per heavy atom. The minimum absolute atomic E-state index is 0.176. The second-order valence-corrected chi connectivity index (χ2v) is 12.5. The summed E-state index contributed by atoms with van der Waals surface area (Å²) in [5.41, 5.74) is 1.28. The van der Waals surface area contributed by atoms with E-state index in [-0.39, 0.29) is 18.4 Å². The van der Waals surface area contributed by atoms with Gasteiger partial charge in [0.25, 0.3) is 5.91 Å². The highest BCUT2D eigenvalue weighted by Crippen LogP contribution is 2.45. The van der Waals surface area contributed by atoms with Crippen LogP contribution in [0.5, 0.6) is 5.75 Å². The summed E-state index contributed by atoms with van der Waals surface area (Å²) in [5.74, 6) is -0.0560. The molecule has 9 heteroatoms. The topological polar surface area (TPSA) is 99.8 Å². The average molecular weight is 459 g/mol. The van der Waals surface area contributed by atoms with Crippen molar-refractivity contribution < 1.29 is 19.1 Å². The molecule has 2 aromatic rings. The summed E-state index contributed by atoms with van der Waals surface area (Å²) < 4.78 is 5.21. The lowest BCUT2D eigenvalue weighted by molar-refractivity contribution is -0.138. The molecule has 32 heavy (non-hydrogen) atoms. The first-order chi connectivity index (χ1) is 15.1. The van der Waals surface area contributed by atoms with Gasteiger partial charge < -0.3 is 25.6 Å². The van der Waals surface area contributed by atoms with Crippen LogP contribution in [-0.2, 0) is 9.59 Å². The molecule has 0 radical (unpaired) electrons. The molecule has 2 atom stereocenters. The number of carbonyl (C=O) groups is 3. The van der Waals surface area contributed by atoms with Gasteiger partial charge in [0, 0.05) is 19.3 Å². The first kappa shape index (κ1) is 23.5. The number of urea groups is 1. The van der Waals surface area contributed by atoms with Gasteiger partial charge in [-0.2, -0.15) is 0 Å². The molecule has 2 unspecified atom stereocenters. The van der Waals surface area contributed by atoms with Crippen LogP contribution in [0.3, 0.4) is 0 Å². The molecular formula is C23H30N4O4S. The lowest BCUT2D eigenvalue weighted by Crippen LogP contribution is -2.47. The first-order valence-electron chi connectivity index (χ1n) is 10.1. The second kappa shape index (κ2) is 9.52. The third-order valence-electron chi connectivity index (χ3n) is 5.31. The van der Waals surface area contributed by atoms with Gasteiger partial charge in [0.05, 0.1) is 7.11 Å². The molecule has 1 fully saturated rings. The van der Waals surface area contributed by atoms with Crippen LogP contribution >= 0.6 is 10.0 Å². The Kier molecular flexibility index (Phi) is 6.98. The summed E-state index contributed by atoms with van der Waals surface area (Å²) in [6, 6.07) is 12.8. The second-order valence-electron chi connectivity index (χ2n) is 8.38.